The minimum Gasteiger partial charge on any atom is -0.466 e. The Labute approximate surface area is 207 Å². The molecule has 35 heavy (non-hydrogen) atoms. The number of hydrogen-bond acceptors (Lipinski definition) is 6. The van der Waals surface area contributed by atoms with Crippen LogP contribution in [0.1, 0.15) is 31.4 Å². The number of fused-ring (bicyclic) bond motifs is 1. The molecule has 0 radical (unpaired) electrons. The highest BCUT2D eigenvalue weighted by Gasteiger charge is 2.27. The second-order valence-corrected chi connectivity index (χ2v) is 8.93. The summed E-state index contributed by atoms with van der Waals surface area (Å²) in [5, 5.41) is 7.84. The lowest BCUT2D eigenvalue weighted by Gasteiger charge is -2.39. The summed E-state index contributed by atoms with van der Waals surface area (Å²) in [5.41, 5.74) is 1.35. The Balaban J connectivity index is 1.40. The molecular formula is C27H36N4O4. The predicted octanol–water partition coefficient (Wildman–Crippen LogP) is 2.26. The van der Waals surface area contributed by atoms with E-state index in [-0.39, 0.29) is 31.4 Å². The van der Waals surface area contributed by atoms with Gasteiger partial charge in [0.05, 0.1) is 20.2 Å². The third-order valence-corrected chi connectivity index (χ3v) is 6.65. The number of nitrogens with zero attached hydrogens (tertiary/aromatic N) is 2. The van der Waals surface area contributed by atoms with E-state index in [0.717, 1.165) is 25.9 Å². The highest BCUT2D eigenvalue weighted by Crippen LogP contribution is 2.30. The van der Waals surface area contributed by atoms with Crippen LogP contribution in [-0.2, 0) is 19.1 Å². The summed E-state index contributed by atoms with van der Waals surface area (Å²) in [6.07, 6.45) is 4.71. The second-order valence-electron chi connectivity index (χ2n) is 8.93. The fourth-order valence-corrected chi connectivity index (χ4v) is 4.57. The molecule has 2 N–H and O–H groups in total. The first-order valence-corrected chi connectivity index (χ1v) is 12.1. The molecule has 1 aliphatic rings. The number of benzene rings is 2. The lowest BCUT2D eigenvalue weighted by molar-refractivity contribution is -0.134. The van der Waals surface area contributed by atoms with Crippen molar-refractivity contribution in [1.29, 1.82) is 0 Å². The molecule has 3 rings (SSSR count). The van der Waals surface area contributed by atoms with E-state index in [2.05, 4.69) is 74.6 Å². The first kappa shape index (κ1) is 26.4. The van der Waals surface area contributed by atoms with Gasteiger partial charge in [0.2, 0.25) is 11.8 Å². The molecule has 2 aromatic carbocycles. The number of piperidine rings is 1. The van der Waals surface area contributed by atoms with E-state index < -0.39 is 5.97 Å². The van der Waals surface area contributed by atoms with Crippen LogP contribution in [0.5, 0.6) is 0 Å². The van der Waals surface area contributed by atoms with Gasteiger partial charge in [0.1, 0.15) is 0 Å². The predicted molar refractivity (Wildman–Crippen MR) is 137 cm³/mol. The van der Waals surface area contributed by atoms with Crippen molar-refractivity contribution in [2.24, 2.45) is 0 Å². The first-order valence-electron chi connectivity index (χ1n) is 12.1. The van der Waals surface area contributed by atoms with Crippen LogP contribution in [0.3, 0.4) is 0 Å². The van der Waals surface area contributed by atoms with Gasteiger partial charge in [-0.1, -0.05) is 48.5 Å². The van der Waals surface area contributed by atoms with Gasteiger partial charge in [-0.2, -0.15) is 0 Å². The average molecular weight is 481 g/mol. The van der Waals surface area contributed by atoms with Crippen LogP contribution >= 0.6 is 0 Å². The number of hydrogen-bond donors (Lipinski definition) is 2. The van der Waals surface area contributed by atoms with Gasteiger partial charge in [-0.05, 0) is 43.1 Å². The fraction of sp³-hybridized carbons (Fsp3) is 0.444. The quantitative estimate of drug-likeness (QED) is 0.401. The smallest absolute Gasteiger partial charge is 0.330 e. The maximum Gasteiger partial charge on any atom is 0.330 e. The van der Waals surface area contributed by atoms with E-state index in [1.165, 1.54) is 35.6 Å². The summed E-state index contributed by atoms with van der Waals surface area (Å²) >= 11 is 0. The Kier molecular flexibility index (Phi) is 9.81. The van der Waals surface area contributed by atoms with Gasteiger partial charge in [-0.3, -0.25) is 19.4 Å². The average Bonchev–Trinajstić information content (AvgIpc) is 2.89. The zero-order chi connectivity index (χ0) is 25.2. The van der Waals surface area contributed by atoms with Crippen molar-refractivity contribution in [3.05, 3.63) is 60.2 Å². The minimum absolute atomic E-state index is 0.0975. The number of nitrogens with one attached hydrogen (secondary N) is 2. The van der Waals surface area contributed by atoms with Gasteiger partial charge >= 0.3 is 5.97 Å². The Morgan fingerprint density at radius 3 is 2.54 bits per heavy atom. The van der Waals surface area contributed by atoms with Gasteiger partial charge in [0.25, 0.3) is 0 Å². The molecule has 1 fully saturated rings. The molecule has 0 bridgehead atoms. The van der Waals surface area contributed by atoms with Crippen molar-refractivity contribution in [3.8, 4) is 0 Å². The molecule has 2 aromatic rings. The highest BCUT2D eigenvalue weighted by atomic mass is 16.5. The molecular weight excluding hydrogens is 444 g/mol. The molecule has 188 valence electrons. The highest BCUT2D eigenvalue weighted by molar-refractivity contribution is 5.86. The monoisotopic (exact) mass is 480 g/mol. The summed E-state index contributed by atoms with van der Waals surface area (Å²) < 4.78 is 4.47. The van der Waals surface area contributed by atoms with Gasteiger partial charge in [-0.25, -0.2) is 4.79 Å². The summed E-state index contributed by atoms with van der Waals surface area (Å²) in [4.78, 5) is 39.8. The number of methoxy groups -OCH3 is 1. The minimum atomic E-state index is -0.482. The largest absolute Gasteiger partial charge is 0.466 e. The van der Waals surface area contributed by atoms with Crippen molar-refractivity contribution < 1.29 is 19.1 Å². The second kappa shape index (κ2) is 13.0. The van der Waals surface area contributed by atoms with E-state index in [4.69, 9.17) is 0 Å². The van der Waals surface area contributed by atoms with Crippen LogP contribution in [0.15, 0.2) is 54.6 Å². The Hall–Kier alpha value is -3.23. The van der Waals surface area contributed by atoms with Crippen LogP contribution in [0.4, 0.5) is 0 Å². The molecule has 1 atom stereocenters. The molecule has 8 nitrogen and oxygen atoms in total. The third kappa shape index (κ3) is 7.63. The van der Waals surface area contributed by atoms with Crippen molar-refractivity contribution in [3.63, 3.8) is 0 Å². The molecule has 0 spiro atoms. The van der Waals surface area contributed by atoms with Crippen molar-refractivity contribution in [1.82, 2.24) is 20.4 Å². The van der Waals surface area contributed by atoms with Crippen molar-refractivity contribution in [2.45, 2.75) is 31.8 Å². The first-order chi connectivity index (χ1) is 16.9. The van der Waals surface area contributed by atoms with E-state index in [1.807, 2.05) is 7.05 Å². The van der Waals surface area contributed by atoms with Gasteiger partial charge < -0.3 is 15.4 Å². The van der Waals surface area contributed by atoms with Crippen molar-refractivity contribution >= 4 is 28.6 Å². The number of ether oxygens (including phenoxy) is 1. The Bertz CT molecular complexity index is 1040. The van der Waals surface area contributed by atoms with Crippen LogP contribution in [-0.4, -0.2) is 80.5 Å². The summed E-state index contributed by atoms with van der Waals surface area (Å²) in [6.45, 7) is 4.57. The van der Waals surface area contributed by atoms with E-state index in [1.54, 1.807) is 0 Å². The molecule has 1 saturated heterocycles. The SMILES string of the molecule is COC(=O)/C=C/CNC(=O)CNC(=O)CN(C)C1CCN([C@H](C)c2cccc3ccccc23)CC1. The van der Waals surface area contributed by atoms with Gasteiger partial charge in [-0.15, -0.1) is 0 Å². The number of likely N-dealkylation sites (N-methyl/N-ethyl adjacent to an activating group) is 1. The molecule has 1 heterocycles. The van der Waals surface area contributed by atoms with E-state index in [0.29, 0.717) is 12.1 Å². The molecule has 1 aliphatic heterocycles. The lowest BCUT2D eigenvalue weighted by Crippen LogP contribution is -2.48. The normalized spacial score (nSPS) is 15.9. The number of carbonyl (C=O) groups is 3. The topological polar surface area (TPSA) is 91.0 Å². The summed E-state index contributed by atoms with van der Waals surface area (Å²) in [7, 11) is 3.25. The zero-order valence-electron chi connectivity index (χ0n) is 20.8. The number of amides is 2. The summed E-state index contributed by atoms with van der Waals surface area (Å²) in [6, 6.07) is 15.7. The molecule has 0 aliphatic carbocycles. The maximum atomic E-state index is 12.3. The standard InChI is InChI=1S/C27H36N4O4/c1-20(23-11-6-9-21-8-4-5-10-24(21)23)31-16-13-22(14-17-31)30(2)19-26(33)29-18-25(32)28-15-7-12-27(34)35-3/h4-12,20,22H,13-19H2,1-3H3,(H,28,32)(H,29,33)/b12-7+/t20-/m1/s1. The Morgan fingerprint density at radius 1 is 1.09 bits per heavy atom. The van der Waals surface area contributed by atoms with E-state index in [9.17, 15) is 14.4 Å². The van der Waals surface area contributed by atoms with Crippen LogP contribution in [0.25, 0.3) is 10.8 Å². The van der Waals surface area contributed by atoms with Crippen LogP contribution < -0.4 is 10.6 Å². The molecule has 0 unspecified atom stereocenters. The van der Waals surface area contributed by atoms with Gasteiger partial charge in [0.15, 0.2) is 0 Å². The molecule has 0 aromatic heterocycles. The zero-order valence-corrected chi connectivity index (χ0v) is 20.8. The Morgan fingerprint density at radius 2 is 1.80 bits per heavy atom. The third-order valence-electron chi connectivity index (χ3n) is 6.65. The number of esters is 1. The molecule has 2 amide bonds. The number of likely N-dealkylation sites (tertiary alicyclic amines) is 1. The molecule has 0 saturated carbocycles. The maximum absolute atomic E-state index is 12.3. The summed E-state index contributed by atoms with van der Waals surface area (Å²) in [5.74, 6) is -0.977. The number of rotatable bonds is 10. The van der Waals surface area contributed by atoms with Crippen molar-refractivity contribution in [2.75, 3.05) is 46.9 Å². The van der Waals surface area contributed by atoms with Crippen LogP contribution in [0.2, 0.25) is 0 Å². The lowest BCUT2D eigenvalue weighted by atomic mass is 9.96. The van der Waals surface area contributed by atoms with Gasteiger partial charge in [0, 0.05) is 37.8 Å². The number of carbonyl (C=O) groups excluding carboxylic acids is 3. The van der Waals surface area contributed by atoms with E-state index >= 15 is 0 Å². The van der Waals surface area contributed by atoms with Crippen LogP contribution in [0, 0.1) is 0 Å². The molecule has 8 heteroatoms. The fourth-order valence-electron chi connectivity index (χ4n) is 4.57.